The monoisotopic (exact) mass is 721 g/mol. The van der Waals surface area contributed by atoms with Crippen LogP contribution in [-0.4, -0.2) is 58.5 Å². The number of anilines is 1. The van der Waals surface area contributed by atoms with Gasteiger partial charge in [-0.2, -0.15) is 0 Å². The maximum Gasteiger partial charge on any atom is 0.264 e. The molecule has 4 aromatic rings. The Hall–Kier alpha value is -4.35. The largest absolute Gasteiger partial charge is 0.497 e. The fourth-order valence-electron chi connectivity index (χ4n) is 5.06. The normalized spacial score (nSPS) is 11.8. The number of methoxy groups -OCH3 is 2. The number of benzene rings is 4. The van der Waals surface area contributed by atoms with Gasteiger partial charge in [0.2, 0.25) is 11.8 Å². The first-order chi connectivity index (χ1) is 22.6. The van der Waals surface area contributed by atoms with E-state index in [0.717, 1.165) is 21.0 Å². The van der Waals surface area contributed by atoms with Crippen LogP contribution in [0.5, 0.6) is 11.5 Å². The lowest BCUT2D eigenvalue weighted by molar-refractivity contribution is -0.140. The standard InChI is InChI=1S/C36H40BrN3O6S/c1-5-20-38-36(42)33(22-27-10-7-6-8-11-27)39(24-28-12-9-13-30(21-28)45-3)35(41)25-40(29-16-14-26(2)15-17-29)47(43,44)31-18-19-34(46-4)32(37)23-31/h6-19,21,23,33H,5,20,22,24-25H2,1-4H3,(H,38,42). The summed E-state index contributed by atoms with van der Waals surface area (Å²) in [5.41, 5.74) is 2.83. The molecule has 0 saturated heterocycles. The second-order valence-corrected chi connectivity index (χ2v) is 13.7. The van der Waals surface area contributed by atoms with E-state index in [1.54, 1.807) is 49.6 Å². The molecule has 0 aliphatic carbocycles. The molecule has 1 atom stereocenters. The Kier molecular flexibility index (Phi) is 12.4. The summed E-state index contributed by atoms with van der Waals surface area (Å²) in [7, 11) is -1.22. The highest BCUT2D eigenvalue weighted by molar-refractivity contribution is 9.10. The molecule has 0 saturated carbocycles. The third-order valence-electron chi connectivity index (χ3n) is 7.62. The van der Waals surface area contributed by atoms with Crippen molar-refractivity contribution in [2.24, 2.45) is 0 Å². The molecule has 11 heteroatoms. The summed E-state index contributed by atoms with van der Waals surface area (Å²) in [5.74, 6) is 0.194. The van der Waals surface area contributed by atoms with E-state index in [4.69, 9.17) is 9.47 Å². The Morgan fingerprint density at radius 1 is 0.872 bits per heavy atom. The van der Waals surface area contributed by atoms with E-state index in [1.807, 2.05) is 56.3 Å². The number of nitrogens with one attached hydrogen (secondary N) is 1. The SMILES string of the molecule is CCCNC(=O)C(Cc1ccccc1)N(Cc1cccc(OC)c1)C(=O)CN(c1ccc(C)cc1)S(=O)(=O)c1ccc(OC)c(Br)c1. The number of nitrogens with zero attached hydrogens (tertiary/aromatic N) is 2. The van der Waals surface area contributed by atoms with Gasteiger partial charge >= 0.3 is 0 Å². The number of carbonyl (C=O) groups excluding carboxylic acids is 2. The molecule has 1 N–H and O–H groups in total. The van der Waals surface area contributed by atoms with Gasteiger partial charge in [0, 0.05) is 19.5 Å². The molecular formula is C36H40BrN3O6S. The Bertz CT molecular complexity index is 1770. The maximum absolute atomic E-state index is 14.6. The van der Waals surface area contributed by atoms with E-state index >= 15 is 0 Å². The van der Waals surface area contributed by atoms with Crippen LogP contribution in [0.4, 0.5) is 5.69 Å². The Labute approximate surface area is 285 Å². The minimum atomic E-state index is -4.27. The molecule has 0 fully saturated rings. The number of ether oxygens (including phenoxy) is 2. The van der Waals surface area contributed by atoms with E-state index in [-0.39, 0.29) is 23.8 Å². The molecule has 0 aliphatic heterocycles. The number of aryl methyl sites for hydroxylation is 1. The van der Waals surface area contributed by atoms with Crippen molar-refractivity contribution in [2.75, 3.05) is 31.6 Å². The van der Waals surface area contributed by atoms with E-state index in [2.05, 4.69) is 21.2 Å². The number of sulfonamides is 1. The smallest absolute Gasteiger partial charge is 0.264 e. The second kappa shape index (κ2) is 16.5. The number of carbonyl (C=O) groups is 2. The number of rotatable bonds is 15. The summed E-state index contributed by atoms with van der Waals surface area (Å²) in [5, 5.41) is 2.95. The Balaban J connectivity index is 1.81. The van der Waals surface area contributed by atoms with Gasteiger partial charge in [0.05, 0.1) is 29.3 Å². The molecule has 248 valence electrons. The molecule has 4 rings (SSSR count). The quantitative estimate of drug-likeness (QED) is 0.158. The van der Waals surface area contributed by atoms with Gasteiger partial charge in [0.1, 0.15) is 24.1 Å². The van der Waals surface area contributed by atoms with Gasteiger partial charge < -0.3 is 19.7 Å². The zero-order chi connectivity index (χ0) is 34.0. The van der Waals surface area contributed by atoms with Crippen molar-refractivity contribution in [3.05, 3.63) is 118 Å². The molecule has 47 heavy (non-hydrogen) atoms. The first kappa shape index (κ1) is 35.5. The third kappa shape index (κ3) is 9.14. The molecule has 4 aromatic carbocycles. The van der Waals surface area contributed by atoms with Gasteiger partial charge in [0.25, 0.3) is 10.0 Å². The number of hydrogen-bond acceptors (Lipinski definition) is 6. The van der Waals surface area contributed by atoms with Crippen LogP contribution in [0.2, 0.25) is 0 Å². The topological polar surface area (TPSA) is 105 Å². The second-order valence-electron chi connectivity index (χ2n) is 11.0. The molecule has 0 heterocycles. The van der Waals surface area contributed by atoms with Crippen molar-refractivity contribution in [3.8, 4) is 11.5 Å². The maximum atomic E-state index is 14.6. The Morgan fingerprint density at radius 2 is 1.57 bits per heavy atom. The van der Waals surface area contributed by atoms with Crippen LogP contribution in [0.25, 0.3) is 0 Å². The first-order valence-electron chi connectivity index (χ1n) is 15.2. The van der Waals surface area contributed by atoms with Gasteiger partial charge in [-0.25, -0.2) is 8.42 Å². The summed E-state index contributed by atoms with van der Waals surface area (Å²) in [4.78, 5) is 29.8. The van der Waals surface area contributed by atoms with Gasteiger partial charge in [-0.05, 0) is 82.9 Å². The van der Waals surface area contributed by atoms with Gasteiger partial charge in [-0.3, -0.25) is 13.9 Å². The molecule has 9 nitrogen and oxygen atoms in total. The average Bonchev–Trinajstić information content (AvgIpc) is 3.08. The fourth-order valence-corrected chi connectivity index (χ4v) is 7.20. The van der Waals surface area contributed by atoms with Crippen molar-refractivity contribution in [3.63, 3.8) is 0 Å². The lowest BCUT2D eigenvalue weighted by Crippen LogP contribution is -2.53. The number of amides is 2. The molecule has 0 radical (unpaired) electrons. The molecule has 0 bridgehead atoms. The van der Waals surface area contributed by atoms with Crippen LogP contribution in [-0.2, 0) is 32.6 Å². The lowest BCUT2D eigenvalue weighted by Gasteiger charge is -2.34. The summed E-state index contributed by atoms with van der Waals surface area (Å²) in [6, 6.07) is 27.1. The third-order valence-corrected chi connectivity index (χ3v) is 10.0. The van der Waals surface area contributed by atoms with Crippen molar-refractivity contribution in [1.82, 2.24) is 10.2 Å². The molecule has 0 spiro atoms. The van der Waals surface area contributed by atoms with Crippen molar-refractivity contribution >= 4 is 43.5 Å². The average molecular weight is 723 g/mol. The number of halogens is 1. The van der Waals surface area contributed by atoms with Crippen molar-refractivity contribution in [2.45, 2.75) is 44.2 Å². The summed E-state index contributed by atoms with van der Waals surface area (Å²) in [6.07, 6.45) is 0.944. The van der Waals surface area contributed by atoms with E-state index < -0.39 is 28.5 Å². The highest BCUT2D eigenvalue weighted by Gasteiger charge is 2.35. The minimum absolute atomic E-state index is 0.0283. The van der Waals surface area contributed by atoms with Crippen LogP contribution in [0.15, 0.2) is 106 Å². The van der Waals surface area contributed by atoms with Crippen LogP contribution >= 0.6 is 15.9 Å². The van der Waals surface area contributed by atoms with Gasteiger partial charge in [-0.1, -0.05) is 67.1 Å². The molecular weight excluding hydrogens is 682 g/mol. The zero-order valence-electron chi connectivity index (χ0n) is 27.0. The van der Waals surface area contributed by atoms with Crippen molar-refractivity contribution < 1.29 is 27.5 Å². The molecule has 2 amide bonds. The van der Waals surface area contributed by atoms with Crippen LogP contribution in [0.1, 0.15) is 30.0 Å². The Morgan fingerprint density at radius 3 is 2.21 bits per heavy atom. The van der Waals surface area contributed by atoms with E-state index in [1.165, 1.54) is 24.1 Å². The molecule has 0 aromatic heterocycles. The molecule has 0 aliphatic rings. The highest BCUT2D eigenvalue weighted by Crippen LogP contribution is 2.31. The van der Waals surface area contributed by atoms with Crippen molar-refractivity contribution in [1.29, 1.82) is 0 Å². The summed E-state index contributed by atoms with van der Waals surface area (Å²) < 4.78 is 40.9. The summed E-state index contributed by atoms with van der Waals surface area (Å²) >= 11 is 3.39. The van der Waals surface area contributed by atoms with E-state index in [0.29, 0.717) is 34.6 Å². The van der Waals surface area contributed by atoms with Gasteiger partial charge in [-0.15, -0.1) is 0 Å². The summed E-state index contributed by atoms with van der Waals surface area (Å²) in [6.45, 7) is 3.77. The minimum Gasteiger partial charge on any atom is -0.497 e. The zero-order valence-corrected chi connectivity index (χ0v) is 29.4. The fraction of sp³-hybridized carbons (Fsp3) is 0.278. The highest BCUT2D eigenvalue weighted by atomic mass is 79.9. The van der Waals surface area contributed by atoms with E-state index in [9.17, 15) is 18.0 Å². The van der Waals surface area contributed by atoms with Crippen LogP contribution < -0.4 is 19.1 Å². The molecule has 1 unspecified atom stereocenters. The number of hydrogen-bond donors (Lipinski definition) is 1. The van der Waals surface area contributed by atoms with Crippen LogP contribution in [0.3, 0.4) is 0 Å². The van der Waals surface area contributed by atoms with Crippen LogP contribution in [0, 0.1) is 6.92 Å². The first-order valence-corrected chi connectivity index (χ1v) is 17.5. The predicted octanol–water partition coefficient (Wildman–Crippen LogP) is 6.14. The lowest BCUT2D eigenvalue weighted by atomic mass is 10.0. The van der Waals surface area contributed by atoms with Gasteiger partial charge in [0.15, 0.2) is 0 Å². The predicted molar refractivity (Wildman–Crippen MR) is 187 cm³/mol.